The topological polar surface area (TPSA) is 142 Å². The van der Waals surface area contributed by atoms with E-state index in [0.717, 1.165) is 64.2 Å². The zero-order valence-corrected chi connectivity index (χ0v) is 27.1. The summed E-state index contributed by atoms with van der Waals surface area (Å²) in [5.41, 5.74) is -1.01. The van der Waals surface area contributed by atoms with Gasteiger partial charge < -0.3 is 20.9 Å². The molecule has 2 aliphatic carbocycles. The molecular formula is C33H54N4O6. The van der Waals surface area contributed by atoms with Gasteiger partial charge in [0.15, 0.2) is 5.78 Å². The number of carbonyl (C=O) groups excluding carboxylic acids is 6. The monoisotopic (exact) mass is 604 g/mol. The molecule has 0 aromatic carbocycles. The van der Waals surface area contributed by atoms with E-state index in [1.807, 2.05) is 34.6 Å². The third-order valence-corrected chi connectivity index (χ3v) is 10.2. The van der Waals surface area contributed by atoms with Crippen molar-refractivity contribution in [2.75, 3.05) is 6.54 Å². The van der Waals surface area contributed by atoms with Gasteiger partial charge in [-0.25, -0.2) is 0 Å². The summed E-state index contributed by atoms with van der Waals surface area (Å²) in [6.45, 7) is 11.0. The Morgan fingerprint density at radius 2 is 1.60 bits per heavy atom. The smallest absolute Gasteiger partial charge is 0.246 e. The number of nitrogens with zero attached hydrogens (tertiary/aromatic N) is 1. The van der Waals surface area contributed by atoms with Crippen LogP contribution in [0.25, 0.3) is 0 Å². The molecule has 1 spiro atoms. The first-order valence-electron chi connectivity index (χ1n) is 16.9. The highest BCUT2D eigenvalue weighted by Crippen LogP contribution is 2.50. The molecule has 0 aromatic heterocycles. The Balaban J connectivity index is 1.95. The average Bonchev–Trinajstić information content (AvgIpc) is 3.24. The van der Waals surface area contributed by atoms with Crippen molar-refractivity contribution in [3.05, 3.63) is 0 Å². The maximum atomic E-state index is 14.6. The first-order chi connectivity index (χ1) is 20.6. The zero-order valence-electron chi connectivity index (χ0n) is 28.1. The maximum absolute atomic E-state index is 14.6. The lowest BCUT2D eigenvalue weighted by Gasteiger charge is -2.38. The number of nitrogens with one attached hydrogen (secondary N) is 3. The number of amides is 4. The normalized spacial score (nSPS) is 24.8. The second-order valence-electron chi connectivity index (χ2n) is 14.3. The summed E-state index contributed by atoms with van der Waals surface area (Å²) in [6, 6.07) is -3.76. The first kappa shape index (κ1) is 33.1. The molecule has 10 heteroatoms. The number of hydrogen-bond acceptors (Lipinski definition) is 6. The van der Waals surface area contributed by atoms with Crippen LogP contribution >= 0.6 is 0 Å². The molecule has 1 saturated heterocycles. The summed E-state index contributed by atoms with van der Waals surface area (Å²) >= 11 is 0. The molecule has 1 unspecified atom stereocenters. The van der Waals surface area contributed by atoms with Gasteiger partial charge in [0, 0.05) is 13.5 Å². The third kappa shape index (κ3) is 8.04. The molecule has 3 aliphatic rings. The van der Waals surface area contributed by atoms with E-state index >= 15 is 0 Å². The van der Waals surface area contributed by atoms with Crippen LogP contribution in [0.4, 0.5) is 0 Å². The van der Waals surface area contributed by atoms with Crippen molar-refractivity contribution in [3.8, 4) is 0 Å². The van der Waals surface area contributed by atoms with Gasteiger partial charge in [-0.1, -0.05) is 79.6 Å². The highest BCUT2D eigenvalue weighted by Gasteiger charge is 2.56. The van der Waals surface area contributed by atoms with E-state index in [2.05, 4.69) is 16.0 Å². The fourth-order valence-electron chi connectivity index (χ4n) is 7.67. The molecule has 3 rings (SSSR count). The van der Waals surface area contributed by atoms with E-state index in [0.29, 0.717) is 19.4 Å². The van der Waals surface area contributed by atoms with Gasteiger partial charge in [-0.2, -0.15) is 0 Å². The Kier molecular flexibility index (Phi) is 11.4. The van der Waals surface area contributed by atoms with Gasteiger partial charge in [0.1, 0.15) is 19.5 Å². The van der Waals surface area contributed by atoms with Crippen LogP contribution < -0.4 is 16.0 Å². The molecule has 3 fully saturated rings. The van der Waals surface area contributed by atoms with Crippen molar-refractivity contribution >= 4 is 35.7 Å². The second kappa shape index (κ2) is 14.8. The summed E-state index contributed by atoms with van der Waals surface area (Å²) in [6.07, 6.45) is 9.11. The quantitative estimate of drug-likeness (QED) is 0.244. The van der Waals surface area contributed by atoms with Crippen LogP contribution in [0.1, 0.15) is 120 Å². The van der Waals surface area contributed by atoms with Crippen LogP contribution in [-0.4, -0.2) is 71.3 Å². The molecule has 5 atom stereocenters. The van der Waals surface area contributed by atoms with Crippen LogP contribution in [0.3, 0.4) is 0 Å². The lowest BCUT2D eigenvalue weighted by Crippen LogP contribution is -2.61. The predicted octanol–water partition coefficient (Wildman–Crippen LogP) is 3.45. The Morgan fingerprint density at radius 3 is 2.14 bits per heavy atom. The van der Waals surface area contributed by atoms with Gasteiger partial charge in [0.05, 0.1) is 6.04 Å². The minimum atomic E-state index is -1.04. The van der Waals surface area contributed by atoms with E-state index in [-0.39, 0.29) is 23.2 Å². The first-order valence-corrected chi connectivity index (χ1v) is 16.4. The van der Waals surface area contributed by atoms with E-state index < -0.39 is 59.3 Å². The van der Waals surface area contributed by atoms with Gasteiger partial charge in [0.2, 0.25) is 29.9 Å². The van der Waals surface area contributed by atoms with Crippen molar-refractivity contribution in [2.45, 2.75) is 143 Å². The van der Waals surface area contributed by atoms with Crippen molar-refractivity contribution in [2.24, 2.45) is 22.7 Å². The molecule has 2 saturated carbocycles. The van der Waals surface area contributed by atoms with E-state index in [9.17, 15) is 28.8 Å². The van der Waals surface area contributed by atoms with Crippen LogP contribution in [-0.2, 0) is 28.8 Å². The van der Waals surface area contributed by atoms with Crippen molar-refractivity contribution in [1.29, 1.82) is 0 Å². The highest BCUT2D eigenvalue weighted by molar-refractivity contribution is 6.38. The summed E-state index contributed by atoms with van der Waals surface area (Å²) in [7, 11) is 0. The van der Waals surface area contributed by atoms with Crippen molar-refractivity contribution in [1.82, 2.24) is 20.9 Å². The zero-order chi connectivity index (χ0) is 32.8. The lowest BCUT2D eigenvalue weighted by molar-refractivity contribution is -0.146. The fraction of sp³-hybridized carbons (Fsp3) is 0.818. The van der Waals surface area contributed by atoms with Gasteiger partial charge in [0.25, 0.3) is 0 Å². The van der Waals surface area contributed by atoms with Crippen LogP contribution in [0.5, 0.6) is 0 Å². The third-order valence-electron chi connectivity index (χ3n) is 10.2. The van der Waals surface area contributed by atoms with E-state index in [1.54, 1.807) is 4.90 Å². The number of hydrogen-bond donors (Lipinski definition) is 3. The lowest BCUT2D eigenvalue weighted by atomic mass is 9.67. The van der Waals surface area contributed by atoms with Crippen LogP contribution in [0.2, 0.25) is 0 Å². The van der Waals surface area contributed by atoms with E-state index in [4.69, 9.17) is 1.37 Å². The Morgan fingerprint density at radius 1 is 1.00 bits per heavy atom. The Hall–Kier alpha value is -2.78. The molecular weight excluding hydrogens is 548 g/mol. The molecule has 0 radical (unpaired) electrons. The minimum Gasteiger partial charge on any atom is -0.347 e. The molecule has 242 valence electrons. The fourth-order valence-corrected chi connectivity index (χ4v) is 7.67. The second-order valence-corrected chi connectivity index (χ2v) is 14.3. The largest absolute Gasteiger partial charge is 0.347 e. The number of rotatable bonds is 11. The minimum absolute atomic E-state index is 0.126. The van der Waals surface area contributed by atoms with Crippen molar-refractivity contribution in [3.63, 3.8) is 0 Å². The molecule has 0 bridgehead atoms. The molecule has 4 amide bonds. The number of Topliss-reactive ketones (excluding diaryl/α,β-unsaturated/α-hetero) is 2. The molecule has 43 heavy (non-hydrogen) atoms. The number of likely N-dealkylation sites (tertiary alicyclic amines) is 1. The molecule has 1 heterocycles. The summed E-state index contributed by atoms with van der Waals surface area (Å²) in [5.74, 6) is -2.94. The maximum Gasteiger partial charge on any atom is 0.246 e. The predicted molar refractivity (Wildman–Crippen MR) is 164 cm³/mol. The van der Waals surface area contributed by atoms with Gasteiger partial charge in [-0.15, -0.1) is 0 Å². The van der Waals surface area contributed by atoms with Gasteiger partial charge in [-0.05, 0) is 54.8 Å². The summed E-state index contributed by atoms with van der Waals surface area (Å²) in [5, 5.41) is 8.27. The molecule has 3 N–H and O–H groups in total. The van der Waals surface area contributed by atoms with Crippen LogP contribution in [0, 0.1) is 22.7 Å². The highest BCUT2D eigenvalue weighted by atomic mass is 16.2. The van der Waals surface area contributed by atoms with Crippen molar-refractivity contribution < 1.29 is 30.1 Å². The Bertz CT molecular complexity index is 1090. The molecule has 10 nitrogen and oxygen atoms in total. The van der Waals surface area contributed by atoms with Gasteiger partial charge >= 0.3 is 0 Å². The summed E-state index contributed by atoms with van der Waals surface area (Å²) in [4.78, 5) is 80.3. The van der Waals surface area contributed by atoms with E-state index in [1.165, 1.54) is 6.92 Å². The molecule has 1 aliphatic heterocycles. The van der Waals surface area contributed by atoms with Crippen LogP contribution in [0.15, 0.2) is 0 Å². The molecule has 0 aromatic rings. The Labute approximate surface area is 258 Å². The number of ketones is 2. The summed E-state index contributed by atoms with van der Waals surface area (Å²) < 4.78 is 7.50. The van der Waals surface area contributed by atoms with Gasteiger partial charge in [-0.3, -0.25) is 28.8 Å². The standard InChI is InChI=1S/C33H54N4O6/c1-7-14-24(27(40)22(3)39)35-30(42)26-21(2)33(17-12-9-13-18-33)19-37(26)31(43)28(32(4,5)6)36-29(41)25(34-20-38)23-15-10-8-11-16-23/h20-21,23-26,28H,7-19H2,1-6H3,(H,34,38)(H,35,42)(H,36,41)/t21?,24-,25-,26-,28+/m0/s1/i20T. The SMILES string of the molecule is [3H]C(=O)N[C@H](C(=O)N[C@H](C(=O)N1CC2(CCCCC2)C(C)[C@H]1C(=O)N[C@@H](CCC)C(=O)C(C)=O)C(C)(C)C)C1CCCCC1. The average molecular weight is 605 g/mol. The number of carbonyl (C=O) groups is 6.